The number of ether oxygens (including phenoxy) is 1. The number of carbonyl (C=O) groups excluding carboxylic acids is 1. The van der Waals surface area contributed by atoms with E-state index in [0.717, 1.165) is 32.4 Å². The Hall–Kier alpha value is -1.82. The molecule has 0 aromatic carbocycles. The highest BCUT2D eigenvalue weighted by atomic mass is 16.5. The zero-order valence-corrected chi connectivity index (χ0v) is 11.3. The number of nitrogen functional groups attached to an aromatic ring is 1. The number of hydrogen-bond acceptors (Lipinski definition) is 5. The molecule has 0 aliphatic rings. The highest BCUT2D eigenvalue weighted by molar-refractivity contribution is 5.98. The Labute approximate surface area is 113 Å². The van der Waals surface area contributed by atoms with Crippen molar-refractivity contribution in [1.29, 1.82) is 0 Å². The summed E-state index contributed by atoms with van der Waals surface area (Å²) < 4.78 is 5.44. The number of carbonyl (C=O) groups is 1. The number of nitrogens with zero attached hydrogens (tertiary/aromatic N) is 1. The van der Waals surface area contributed by atoms with Gasteiger partial charge in [0.05, 0.1) is 17.4 Å². The smallest absolute Gasteiger partial charge is 0.250 e. The molecule has 1 rings (SSSR count). The van der Waals surface area contributed by atoms with Crippen LogP contribution in [-0.4, -0.2) is 30.6 Å². The molecule has 0 atom stereocenters. The van der Waals surface area contributed by atoms with Crippen LogP contribution in [0.2, 0.25) is 0 Å². The van der Waals surface area contributed by atoms with Gasteiger partial charge in [0.15, 0.2) is 0 Å². The molecule has 0 unspecified atom stereocenters. The summed E-state index contributed by atoms with van der Waals surface area (Å²) in [4.78, 5) is 15.2. The fourth-order valence-electron chi connectivity index (χ4n) is 1.52. The van der Waals surface area contributed by atoms with Crippen molar-refractivity contribution >= 4 is 17.4 Å². The van der Waals surface area contributed by atoms with Crippen molar-refractivity contribution in [2.24, 2.45) is 5.73 Å². The molecule has 0 radical (unpaired) electrons. The number of primary amides is 1. The molecule has 0 aliphatic carbocycles. The lowest BCUT2D eigenvalue weighted by atomic mass is 10.2. The molecule has 1 amide bonds. The molecule has 0 aliphatic heterocycles. The van der Waals surface area contributed by atoms with Gasteiger partial charge in [-0.1, -0.05) is 13.3 Å². The standard InChI is InChI=1S/C13H22N4O2/c1-2-3-6-19-7-4-5-16-12-8-10(13(15)18)11(14)9-17-12/h8-9H,2-7,14H2,1H3,(H2,15,18)(H,16,17). The summed E-state index contributed by atoms with van der Waals surface area (Å²) in [6, 6.07) is 1.57. The van der Waals surface area contributed by atoms with Gasteiger partial charge < -0.3 is 21.5 Å². The van der Waals surface area contributed by atoms with Gasteiger partial charge in [-0.3, -0.25) is 4.79 Å². The monoisotopic (exact) mass is 266 g/mol. The highest BCUT2D eigenvalue weighted by Gasteiger charge is 2.07. The third-order valence-electron chi connectivity index (χ3n) is 2.61. The summed E-state index contributed by atoms with van der Waals surface area (Å²) in [6.07, 6.45) is 4.54. The van der Waals surface area contributed by atoms with Crippen molar-refractivity contribution in [1.82, 2.24) is 4.98 Å². The minimum absolute atomic E-state index is 0.289. The zero-order valence-electron chi connectivity index (χ0n) is 11.3. The van der Waals surface area contributed by atoms with E-state index in [1.165, 1.54) is 6.20 Å². The second-order valence-electron chi connectivity index (χ2n) is 4.27. The predicted molar refractivity (Wildman–Crippen MR) is 76.0 cm³/mol. The lowest BCUT2D eigenvalue weighted by molar-refractivity contribution is 0.100. The second-order valence-corrected chi connectivity index (χ2v) is 4.27. The molecule has 0 bridgehead atoms. The first kappa shape index (κ1) is 15.2. The van der Waals surface area contributed by atoms with Crippen LogP contribution in [0.25, 0.3) is 0 Å². The van der Waals surface area contributed by atoms with Crippen molar-refractivity contribution in [2.45, 2.75) is 26.2 Å². The molecule has 0 saturated carbocycles. The van der Waals surface area contributed by atoms with Crippen molar-refractivity contribution in [2.75, 3.05) is 30.8 Å². The van der Waals surface area contributed by atoms with Crippen LogP contribution in [-0.2, 0) is 4.74 Å². The third-order valence-corrected chi connectivity index (χ3v) is 2.61. The number of nitrogens with one attached hydrogen (secondary N) is 1. The molecule has 106 valence electrons. The number of aromatic nitrogens is 1. The second kappa shape index (κ2) is 8.31. The molecule has 1 heterocycles. The number of nitrogens with two attached hydrogens (primary N) is 2. The SMILES string of the molecule is CCCCOCCCNc1cc(C(N)=O)c(N)cn1. The van der Waals surface area contributed by atoms with Crippen molar-refractivity contribution in [3.8, 4) is 0 Å². The molecule has 6 nitrogen and oxygen atoms in total. The summed E-state index contributed by atoms with van der Waals surface area (Å²) in [7, 11) is 0. The quantitative estimate of drug-likeness (QED) is 0.586. The van der Waals surface area contributed by atoms with Gasteiger partial charge in [0.1, 0.15) is 5.82 Å². The van der Waals surface area contributed by atoms with Crippen molar-refractivity contribution in [3.05, 3.63) is 17.8 Å². The predicted octanol–water partition coefficient (Wildman–Crippen LogP) is 1.38. The maximum Gasteiger partial charge on any atom is 0.250 e. The van der Waals surface area contributed by atoms with Gasteiger partial charge in [0.25, 0.3) is 5.91 Å². The van der Waals surface area contributed by atoms with Gasteiger partial charge in [-0.05, 0) is 18.9 Å². The number of unbranched alkanes of at least 4 members (excludes halogenated alkanes) is 1. The Kier molecular flexibility index (Phi) is 6.67. The van der Waals surface area contributed by atoms with Crippen LogP contribution < -0.4 is 16.8 Å². The van der Waals surface area contributed by atoms with Crippen LogP contribution in [0.1, 0.15) is 36.5 Å². The van der Waals surface area contributed by atoms with E-state index in [1.54, 1.807) is 6.07 Å². The van der Waals surface area contributed by atoms with Crippen LogP contribution in [0, 0.1) is 0 Å². The largest absolute Gasteiger partial charge is 0.397 e. The maximum atomic E-state index is 11.1. The van der Waals surface area contributed by atoms with E-state index in [0.29, 0.717) is 18.1 Å². The first-order chi connectivity index (χ1) is 9.15. The van der Waals surface area contributed by atoms with Gasteiger partial charge in [-0.15, -0.1) is 0 Å². The fraction of sp³-hybridized carbons (Fsp3) is 0.538. The van der Waals surface area contributed by atoms with Gasteiger partial charge in [-0.25, -0.2) is 4.98 Å². The number of amides is 1. The van der Waals surface area contributed by atoms with Crippen LogP contribution >= 0.6 is 0 Å². The molecule has 1 aromatic rings. The summed E-state index contributed by atoms with van der Waals surface area (Å²) >= 11 is 0. The first-order valence-electron chi connectivity index (χ1n) is 6.52. The summed E-state index contributed by atoms with van der Waals surface area (Å²) in [5, 5.41) is 3.10. The first-order valence-corrected chi connectivity index (χ1v) is 6.52. The van der Waals surface area contributed by atoms with Crippen LogP contribution in [0.15, 0.2) is 12.3 Å². The van der Waals surface area contributed by atoms with Gasteiger partial charge in [-0.2, -0.15) is 0 Å². The maximum absolute atomic E-state index is 11.1. The van der Waals surface area contributed by atoms with E-state index in [-0.39, 0.29) is 5.56 Å². The Bertz CT molecular complexity index is 410. The summed E-state index contributed by atoms with van der Waals surface area (Å²) in [5.41, 5.74) is 11.4. The van der Waals surface area contributed by atoms with Crippen molar-refractivity contribution < 1.29 is 9.53 Å². The minimum Gasteiger partial charge on any atom is -0.397 e. The topological polar surface area (TPSA) is 103 Å². The molecule has 1 aromatic heterocycles. The Morgan fingerprint density at radius 3 is 2.84 bits per heavy atom. The number of rotatable bonds is 9. The van der Waals surface area contributed by atoms with E-state index >= 15 is 0 Å². The molecule has 0 spiro atoms. The Morgan fingerprint density at radius 1 is 1.42 bits per heavy atom. The van der Waals surface area contributed by atoms with E-state index in [4.69, 9.17) is 16.2 Å². The van der Waals surface area contributed by atoms with E-state index in [1.807, 2.05) is 0 Å². The molecular weight excluding hydrogens is 244 g/mol. The number of pyridine rings is 1. The number of anilines is 2. The molecule has 5 N–H and O–H groups in total. The average molecular weight is 266 g/mol. The van der Waals surface area contributed by atoms with E-state index < -0.39 is 5.91 Å². The average Bonchev–Trinajstić information content (AvgIpc) is 2.39. The minimum atomic E-state index is -0.550. The van der Waals surface area contributed by atoms with Crippen LogP contribution in [0.4, 0.5) is 11.5 Å². The van der Waals surface area contributed by atoms with Crippen LogP contribution in [0.3, 0.4) is 0 Å². The van der Waals surface area contributed by atoms with Crippen molar-refractivity contribution in [3.63, 3.8) is 0 Å². The molecule has 0 fully saturated rings. The Morgan fingerprint density at radius 2 is 2.16 bits per heavy atom. The fourth-order valence-corrected chi connectivity index (χ4v) is 1.52. The molecular formula is C13H22N4O2. The molecule has 0 saturated heterocycles. The van der Waals surface area contributed by atoms with Gasteiger partial charge in [0, 0.05) is 19.8 Å². The molecule has 19 heavy (non-hydrogen) atoms. The van der Waals surface area contributed by atoms with Gasteiger partial charge in [0.2, 0.25) is 0 Å². The summed E-state index contributed by atoms with van der Waals surface area (Å²) in [6.45, 7) is 4.38. The number of hydrogen-bond donors (Lipinski definition) is 3. The zero-order chi connectivity index (χ0) is 14.1. The van der Waals surface area contributed by atoms with E-state index in [9.17, 15) is 4.79 Å². The van der Waals surface area contributed by atoms with Gasteiger partial charge >= 0.3 is 0 Å². The molecule has 6 heteroatoms. The highest BCUT2D eigenvalue weighted by Crippen LogP contribution is 2.13. The van der Waals surface area contributed by atoms with E-state index in [2.05, 4.69) is 17.2 Å². The Balaban J connectivity index is 2.30. The lowest BCUT2D eigenvalue weighted by Gasteiger charge is -2.08. The lowest BCUT2D eigenvalue weighted by Crippen LogP contribution is -2.15. The van der Waals surface area contributed by atoms with Crippen LogP contribution in [0.5, 0.6) is 0 Å². The normalized spacial score (nSPS) is 10.4. The summed E-state index contributed by atoms with van der Waals surface area (Å²) in [5.74, 6) is 0.0439. The third kappa shape index (κ3) is 5.56.